The van der Waals surface area contributed by atoms with E-state index in [1.54, 1.807) is 12.1 Å². The van der Waals surface area contributed by atoms with E-state index in [2.05, 4.69) is 15.6 Å². The lowest BCUT2D eigenvalue weighted by molar-refractivity contribution is -0.122. The number of nitrogens with zero attached hydrogens (tertiary/aromatic N) is 4. The van der Waals surface area contributed by atoms with E-state index >= 15 is 0 Å². The number of halogens is 2. The first-order chi connectivity index (χ1) is 13.8. The van der Waals surface area contributed by atoms with Crippen LogP contribution in [-0.2, 0) is 11.3 Å². The highest BCUT2D eigenvalue weighted by atomic mass is 19.1. The number of nitrogens with one attached hydrogen (secondary N) is 2. The number of hydrogen-bond donors (Lipinski definition) is 2. The second-order valence-electron chi connectivity index (χ2n) is 6.34. The number of aromatic nitrogens is 1. The van der Waals surface area contributed by atoms with Gasteiger partial charge in [0.05, 0.1) is 29.4 Å². The summed E-state index contributed by atoms with van der Waals surface area (Å²) < 4.78 is 27.9. The molecule has 2 N–H and O–H groups in total. The second kappa shape index (κ2) is 7.90. The lowest BCUT2D eigenvalue weighted by Crippen LogP contribution is -2.45. The van der Waals surface area contributed by atoms with Crippen LogP contribution < -0.4 is 10.6 Å². The van der Waals surface area contributed by atoms with Gasteiger partial charge in [0.15, 0.2) is 0 Å². The molecule has 29 heavy (non-hydrogen) atoms. The number of rotatable bonds is 4. The van der Waals surface area contributed by atoms with Crippen LogP contribution in [0.5, 0.6) is 0 Å². The van der Waals surface area contributed by atoms with Crippen LogP contribution in [0.2, 0.25) is 0 Å². The van der Waals surface area contributed by atoms with Crippen LogP contribution in [-0.4, -0.2) is 28.4 Å². The Labute approximate surface area is 164 Å². The molecule has 0 bridgehead atoms. The van der Waals surface area contributed by atoms with Crippen molar-refractivity contribution in [3.8, 4) is 12.1 Å². The number of pyridine rings is 1. The largest absolute Gasteiger partial charge is 0.346 e. The minimum atomic E-state index is -0.817. The third-order valence-corrected chi connectivity index (χ3v) is 4.37. The number of urea groups is 1. The molecule has 3 rings (SSSR count). The number of amides is 3. The summed E-state index contributed by atoms with van der Waals surface area (Å²) in [5, 5.41) is 22.9. The van der Waals surface area contributed by atoms with Gasteiger partial charge in [-0.15, -0.1) is 0 Å². The molecule has 0 saturated carbocycles. The summed E-state index contributed by atoms with van der Waals surface area (Å²) in [5.74, 6) is -2.06. The Balaban J connectivity index is 1.71. The summed E-state index contributed by atoms with van der Waals surface area (Å²) in [7, 11) is 0. The summed E-state index contributed by atoms with van der Waals surface area (Å²) in [6, 6.07) is 5.56. The van der Waals surface area contributed by atoms with Crippen molar-refractivity contribution in [2.24, 2.45) is 0 Å². The summed E-state index contributed by atoms with van der Waals surface area (Å²) in [4.78, 5) is 29.5. The van der Waals surface area contributed by atoms with E-state index < -0.39 is 36.2 Å². The van der Waals surface area contributed by atoms with Gasteiger partial charge < -0.3 is 15.5 Å². The maximum absolute atomic E-state index is 14.0. The fourth-order valence-corrected chi connectivity index (χ4v) is 2.96. The van der Waals surface area contributed by atoms with Crippen molar-refractivity contribution < 1.29 is 18.4 Å². The van der Waals surface area contributed by atoms with Gasteiger partial charge in [-0.25, -0.2) is 13.6 Å². The maximum Gasteiger partial charge on any atom is 0.322 e. The predicted octanol–water partition coefficient (Wildman–Crippen LogP) is 2.33. The normalized spacial score (nSPS) is 13.6. The Morgan fingerprint density at radius 2 is 2.10 bits per heavy atom. The van der Waals surface area contributed by atoms with Crippen molar-refractivity contribution in [3.05, 3.63) is 58.4 Å². The molecule has 1 aromatic heterocycles. The Morgan fingerprint density at radius 3 is 2.76 bits per heavy atom. The van der Waals surface area contributed by atoms with E-state index in [9.17, 15) is 18.4 Å². The molecule has 2 aromatic rings. The van der Waals surface area contributed by atoms with Crippen LogP contribution in [0.4, 0.5) is 19.3 Å². The van der Waals surface area contributed by atoms with Crippen LogP contribution in [0, 0.1) is 34.3 Å². The minimum absolute atomic E-state index is 0.0500. The average molecular weight is 396 g/mol. The molecular formula is C19H14F2N6O2. The van der Waals surface area contributed by atoms with Gasteiger partial charge >= 0.3 is 6.03 Å². The molecule has 0 aliphatic carbocycles. The summed E-state index contributed by atoms with van der Waals surface area (Å²) in [6.07, 6.45) is 1.19. The third-order valence-electron chi connectivity index (χ3n) is 4.37. The molecule has 1 aromatic carbocycles. The first-order valence-corrected chi connectivity index (χ1v) is 8.46. The third kappa shape index (κ3) is 3.96. The van der Waals surface area contributed by atoms with Gasteiger partial charge in [-0.05, 0) is 25.1 Å². The molecule has 8 nitrogen and oxygen atoms in total. The molecule has 0 saturated heterocycles. The summed E-state index contributed by atoms with van der Waals surface area (Å²) in [5.41, 5.74) is 0.369. The summed E-state index contributed by atoms with van der Waals surface area (Å²) >= 11 is 0. The molecule has 10 heteroatoms. The molecule has 2 heterocycles. The van der Waals surface area contributed by atoms with Gasteiger partial charge in [-0.1, -0.05) is 0 Å². The Hall–Kier alpha value is -4.05. The number of anilines is 1. The van der Waals surface area contributed by atoms with Crippen LogP contribution in [0.15, 0.2) is 24.4 Å². The molecule has 0 radical (unpaired) electrons. The van der Waals surface area contributed by atoms with Crippen molar-refractivity contribution >= 4 is 17.6 Å². The van der Waals surface area contributed by atoms with Crippen LogP contribution >= 0.6 is 0 Å². The van der Waals surface area contributed by atoms with Crippen molar-refractivity contribution in [3.63, 3.8) is 0 Å². The fraction of sp³-hybridized carbons (Fsp3) is 0.211. The fourth-order valence-electron chi connectivity index (χ4n) is 2.96. The SMILES string of the molecule is C[C@@H](NC(=O)CN1Cc2c(ccc(F)c2C#N)NC1=O)c1ncc(C#N)cc1F. The topological polar surface area (TPSA) is 122 Å². The average Bonchev–Trinajstić information content (AvgIpc) is 2.68. The van der Waals surface area contributed by atoms with E-state index in [0.717, 1.165) is 17.0 Å². The van der Waals surface area contributed by atoms with E-state index in [0.29, 0.717) is 5.69 Å². The highest BCUT2D eigenvalue weighted by Crippen LogP contribution is 2.28. The Morgan fingerprint density at radius 1 is 1.34 bits per heavy atom. The van der Waals surface area contributed by atoms with Crippen LogP contribution in [0.3, 0.4) is 0 Å². The van der Waals surface area contributed by atoms with Crippen LogP contribution in [0.1, 0.15) is 35.3 Å². The van der Waals surface area contributed by atoms with Gasteiger partial charge in [-0.3, -0.25) is 9.78 Å². The Kier molecular flexibility index (Phi) is 5.37. The van der Waals surface area contributed by atoms with Crippen LogP contribution in [0.25, 0.3) is 0 Å². The zero-order chi connectivity index (χ0) is 21.1. The lowest BCUT2D eigenvalue weighted by Gasteiger charge is -2.29. The smallest absolute Gasteiger partial charge is 0.322 e. The van der Waals surface area contributed by atoms with Gasteiger partial charge in [-0.2, -0.15) is 10.5 Å². The standard InChI is InChI=1S/C19H14F2N6O2/c1-10(18-15(21)4-11(5-22)7-24-18)25-17(28)9-27-8-13-12(6-23)14(20)2-3-16(13)26-19(27)29/h2-4,7,10H,8-9H2,1H3,(H,25,28)(H,26,29)/t10-/m1/s1. The predicted molar refractivity (Wildman–Crippen MR) is 96.0 cm³/mol. The lowest BCUT2D eigenvalue weighted by atomic mass is 10.0. The number of fused-ring (bicyclic) bond motifs is 1. The first kappa shape index (κ1) is 19.7. The highest BCUT2D eigenvalue weighted by molar-refractivity contribution is 5.95. The number of nitriles is 2. The minimum Gasteiger partial charge on any atom is -0.346 e. The maximum atomic E-state index is 14.0. The van der Waals surface area contributed by atoms with Crippen molar-refractivity contribution in [2.45, 2.75) is 19.5 Å². The monoisotopic (exact) mass is 396 g/mol. The molecule has 3 amide bonds. The van der Waals surface area contributed by atoms with E-state index in [4.69, 9.17) is 10.5 Å². The summed E-state index contributed by atoms with van der Waals surface area (Å²) in [6.45, 7) is 0.978. The zero-order valence-electron chi connectivity index (χ0n) is 15.2. The number of hydrogen-bond acceptors (Lipinski definition) is 5. The number of carbonyl (C=O) groups is 2. The molecular weight excluding hydrogens is 382 g/mol. The van der Waals surface area contributed by atoms with Crippen molar-refractivity contribution in [2.75, 3.05) is 11.9 Å². The van der Waals surface area contributed by atoms with Gasteiger partial charge in [0.2, 0.25) is 5.91 Å². The molecule has 1 aliphatic rings. The van der Waals surface area contributed by atoms with E-state index in [1.807, 2.05) is 0 Å². The Bertz CT molecular complexity index is 1090. The number of carbonyl (C=O) groups excluding carboxylic acids is 2. The second-order valence-corrected chi connectivity index (χ2v) is 6.34. The van der Waals surface area contributed by atoms with Gasteiger partial charge in [0, 0.05) is 17.4 Å². The quantitative estimate of drug-likeness (QED) is 0.821. The van der Waals surface area contributed by atoms with Gasteiger partial charge in [0.1, 0.15) is 30.3 Å². The molecule has 1 aliphatic heterocycles. The first-order valence-electron chi connectivity index (χ1n) is 8.46. The van der Waals surface area contributed by atoms with E-state index in [-0.39, 0.29) is 28.9 Å². The zero-order valence-corrected chi connectivity index (χ0v) is 15.2. The molecule has 146 valence electrons. The molecule has 0 spiro atoms. The number of benzene rings is 1. The molecule has 0 unspecified atom stereocenters. The van der Waals surface area contributed by atoms with Gasteiger partial charge in [0.25, 0.3) is 0 Å². The molecule has 0 fully saturated rings. The highest BCUT2D eigenvalue weighted by Gasteiger charge is 2.28. The molecule has 1 atom stereocenters. The van der Waals surface area contributed by atoms with Crippen molar-refractivity contribution in [1.82, 2.24) is 15.2 Å². The van der Waals surface area contributed by atoms with Crippen molar-refractivity contribution in [1.29, 1.82) is 10.5 Å². The van der Waals surface area contributed by atoms with E-state index in [1.165, 1.54) is 19.2 Å².